The molecule has 2 aromatic carbocycles. The first-order valence-electron chi connectivity index (χ1n) is 7.36. The number of nitrogens with zero attached hydrogens (tertiary/aromatic N) is 1. The highest BCUT2D eigenvalue weighted by atomic mass is 32.2. The van der Waals surface area contributed by atoms with Gasteiger partial charge in [0.15, 0.2) is 4.75 Å². The topological polar surface area (TPSA) is 49.4 Å². The number of anilines is 2. The Hall–Kier alpha value is -2.27. The minimum atomic E-state index is -1.19. The van der Waals surface area contributed by atoms with Gasteiger partial charge >= 0.3 is 0 Å². The minimum Gasteiger partial charge on any atom is -0.324 e. The number of rotatable bonds is 2. The largest absolute Gasteiger partial charge is 0.324 e. The van der Waals surface area contributed by atoms with Crippen molar-refractivity contribution in [1.29, 1.82) is 0 Å². The van der Waals surface area contributed by atoms with E-state index < -0.39 is 4.75 Å². The van der Waals surface area contributed by atoms with Crippen LogP contribution in [0.2, 0.25) is 0 Å². The predicted molar refractivity (Wildman–Crippen MR) is 93.9 cm³/mol. The molecule has 118 valence electrons. The van der Waals surface area contributed by atoms with E-state index in [1.807, 2.05) is 55.5 Å². The molecule has 0 fully saturated rings. The maximum atomic E-state index is 12.8. The van der Waals surface area contributed by atoms with Crippen LogP contribution in [0.15, 0.2) is 53.4 Å². The summed E-state index contributed by atoms with van der Waals surface area (Å²) in [6.07, 6.45) is 0. The van der Waals surface area contributed by atoms with Crippen LogP contribution in [0.3, 0.4) is 0 Å². The van der Waals surface area contributed by atoms with E-state index >= 15 is 0 Å². The summed E-state index contributed by atoms with van der Waals surface area (Å²) in [4.78, 5) is 28.0. The summed E-state index contributed by atoms with van der Waals surface area (Å²) in [5.41, 5.74) is 2.64. The Morgan fingerprint density at radius 2 is 1.78 bits per heavy atom. The normalized spacial score (nSPS) is 20.1. The van der Waals surface area contributed by atoms with Crippen molar-refractivity contribution in [3.63, 3.8) is 0 Å². The highest BCUT2D eigenvalue weighted by molar-refractivity contribution is 8.02. The molecule has 1 unspecified atom stereocenters. The number of carbonyl (C=O) groups is 2. The minimum absolute atomic E-state index is 0.217. The first-order valence-corrected chi connectivity index (χ1v) is 8.18. The molecule has 0 aliphatic carbocycles. The SMILES string of the molecule is Cc1ccc(NC(=O)C2(C)Sc3ccccc3N(C)C2=O)cc1. The molecule has 23 heavy (non-hydrogen) atoms. The van der Waals surface area contributed by atoms with Gasteiger partial charge in [0.25, 0.3) is 5.91 Å². The Morgan fingerprint density at radius 1 is 1.13 bits per heavy atom. The van der Waals surface area contributed by atoms with Gasteiger partial charge in [-0.2, -0.15) is 0 Å². The molecular weight excluding hydrogens is 308 g/mol. The third kappa shape index (κ3) is 2.72. The van der Waals surface area contributed by atoms with Crippen molar-refractivity contribution in [2.75, 3.05) is 17.3 Å². The second kappa shape index (κ2) is 5.74. The lowest BCUT2D eigenvalue weighted by molar-refractivity contribution is -0.128. The van der Waals surface area contributed by atoms with E-state index in [1.54, 1.807) is 18.9 Å². The van der Waals surface area contributed by atoms with E-state index in [2.05, 4.69) is 5.32 Å². The molecule has 1 aliphatic heterocycles. The number of fused-ring (bicyclic) bond motifs is 1. The molecule has 0 bridgehead atoms. The van der Waals surface area contributed by atoms with Crippen LogP contribution >= 0.6 is 11.8 Å². The fourth-order valence-electron chi connectivity index (χ4n) is 2.54. The number of amides is 2. The Bertz CT molecular complexity index is 773. The molecule has 5 heteroatoms. The molecule has 1 heterocycles. The van der Waals surface area contributed by atoms with Gasteiger partial charge in [0.05, 0.1) is 5.69 Å². The quantitative estimate of drug-likeness (QED) is 0.860. The molecule has 0 spiro atoms. The maximum absolute atomic E-state index is 12.8. The van der Waals surface area contributed by atoms with Crippen LogP contribution in [0.25, 0.3) is 0 Å². The smallest absolute Gasteiger partial charge is 0.252 e. The predicted octanol–water partition coefficient (Wildman–Crippen LogP) is 3.46. The molecule has 1 N–H and O–H groups in total. The Labute approximate surface area is 139 Å². The van der Waals surface area contributed by atoms with Crippen molar-refractivity contribution < 1.29 is 9.59 Å². The second-order valence-electron chi connectivity index (χ2n) is 5.79. The summed E-state index contributed by atoms with van der Waals surface area (Å²) >= 11 is 1.30. The average molecular weight is 326 g/mol. The zero-order chi connectivity index (χ0) is 16.6. The summed E-state index contributed by atoms with van der Waals surface area (Å²) in [5.74, 6) is -0.525. The summed E-state index contributed by atoms with van der Waals surface area (Å²) in [6.45, 7) is 3.66. The number of aryl methyl sites for hydroxylation is 1. The number of thioether (sulfide) groups is 1. The lowest BCUT2D eigenvalue weighted by Crippen LogP contribution is -2.53. The molecule has 1 aliphatic rings. The van der Waals surface area contributed by atoms with Crippen molar-refractivity contribution >= 4 is 35.0 Å². The van der Waals surface area contributed by atoms with Crippen LogP contribution in [-0.4, -0.2) is 23.6 Å². The molecule has 4 nitrogen and oxygen atoms in total. The van der Waals surface area contributed by atoms with Crippen molar-refractivity contribution in [1.82, 2.24) is 0 Å². The van der Waals surface area contributed by atoms with Gasteiger partial charge in [-0.05, 0) is 38.1 Å². The highest BCUT2D eigenvalue weighted by Gasteiger charge is 2.48. The molecule has 0 radical (unpaired) electrons. The van der Waals surface area contributed by atoms with Crippen LogP contribution in [0.1, 0.15) is 12.5 Å². The van der Waals surface area contributed by atoms with Gasteiger partial charge in [0.2, 0.25) is 5.91 Å². The molecule has 0 aromatic heterocycles. The van der Waals surface area contributed by atoms with Gasteiger partial charge in [-0.25, -0.2) is 0 Å². The summed E-state index contributed by atoms with van der Waals surface area (Å²) < 4.78 is -1.19. The monoisotopic (exact) mass is 326 g/mol. The molecule has 0 saturated heterocycles. The van der Waals surface area contributed by atoms with Crippen LogP contribution < -0.4 is 10.2 Å². The first kappa shape index (κ1) is 15.6. The van der Waals surface area contributed by atoms with E-state index in [0.717, 1.165) is 16.1 Å². The Morgan fingerprint density at radius 3 is 2.48 bits per heavy atom. The lowest BCUT2D eigenvalue weighted by Gasteiger charge is -2.36. The van der Waals surface area contributed by atoms with Gasteiger partial charge in [0.1, 0.15) is 0 Å². The number of nitrogens with one attached hydrogen (secondary N) is 1. The Kier molecular flexibility index (Phi) is 3.90. The zero-order valence-electron chi connectivity index (χ0n) is 13.3. The van der Waals surface area contributed by atoms with Crippen molar-refractivity contribution in [2.45, 2.75) is 23.5 Å². The average Bonchev–Trinajstić information content (AvgIpc) is 2.55. The Balaban J connectivity index is 1.90. The van der Waals surface area contributed by atoms with E-state index in [4.69, 9.17) is 0 Å². The van der Waals surface area contributed by atoms with Gasteiger partial charge in [-0.1, -0.05) is 41.6 Å². The molecule has 0 saturated carbocycles. The molecule has 2 aromatic rings. The number of carbonyl (C=O) groups excluding carboxylic acids is 2. The molecule has 3 rings (SSSR count). The van der Waals surface area contributed by atoms with E-state index in [1.165, 1.54) is 11.8 Å². The first-order chi connectivity index (χ1) is 10.9. The van der Waals surface area contributed by atoms with Gasteiger partial charge in [-0.3, -0.25) is 9.59 Å². The summed E-state index contributed by atoms with van der Waals surface area (Å²) in [6, 6.07) is 15.1. The fourth-order valence-corrected chi connectivity index (χ4v) is 3.81. The number of para-hydroxylation sites is 1. The highest BCUT2D eigenvalue weighted by Crippen LogP contribution is 2.45. The van der Waals surface area contributed by atoms with Crippen LogP contribution in [0.4, 0.5) is 11.4 Å². The van der Waals surface area contributed by atoms with Crippen LogP contribution in [-0.2, 0) is 9.59 Å². The summed E-state index contributed by atoms with van der Waals surface area (Å²) in [7, 11) is 1.71. The van der Waals surface area contributed by atoms with Crippen molar-refractivity contribution in [3.05, 3.63) is 54.1 Å². The van der Waals surface area contributed by atoms with E-state index in [9.17, 15) is 9.59 Å². The zero-order valence-corrected chi connectivity index (χ0v) is 14.1. The van der Waals surface area contributed by atoms with Crippen molar-refractivity contribution in [2.24, 2.45) is 0 Å². The van der Waals surface area contributed by atoms with Crippen LogP contribution in [0, 0.1) is 6.92 Å². The second-order valence-corrected chi connectivity index (χ2v) is 7.25. The maximum Gasteiger partial charge on any atom is 0.252 e. The molecule has 1 atom stereocenters. The number of hydrogen-bond donors (Lipinski definition) is 1. The van der Waals surface area contributed by atoms with Crippen LogP contribution in [0.5, 0.6) is 0 Å². The van der Waals surface area contributed by atoms with Gasteiger partial charge in [0, 0.05) is 17.6 Å². The van der Waals surface area contributed by atoms with Gasteiger partial charge < -0.3 is 10.2 Å². The van der Waals surface area contributed by atoms with E-state index in [0.29, 0.717) is 5.69 Å². The van der Waals surface area contributed by atoms with Crippen molar-refractivity contribution in [3.8, 4) is 0 Å². The summed E-state index contributed by atoms with van der Waals surface area (Å²) in [5, 5.41) is 2.85. The third-order valence-electron chi connectivity index (χ3n) is 4.00. The number of hydrogen-bond acceptors (Lipinski definition) is 3. The van der Waals surface area contributed by atoms with Gasteiger partial charge in [-0.15, -0.1) is 0 Å². The third-order valence-corrected chi connectivity index (χ3v) is 5.33. The standard InChI is InChI=1S/C18H18N2O2S/c1-12-8-10-13(11-9-12)19-16(21)18(2)17(22)20(3)14-6-4-5-7-15(14)23-18/h4-11H,1-3H3,(H,19,21). The molecular formula is C18H18N2O2S. The van der Waals surface area contributed by atoms with E-state index in [-0.39, 0.29) is 11.8 Å². The number of benzene rings is 2. The lowest BCUT2D eigenvalue weighted by atomic mass is 10.1. The molecule has 2 amide bonds. The fraction of sp³-hybridized carbons (Fsp3) is 0.222.